The van der Waals surface area contributed by atoms with Crippen LogP contribution in [-0.2, 0) is 0 Å². The molecule has 7 heteroatoms. The van der Waals surface area contributed by atoms with Crippen LogP contribution in [0.1, 0.15) is 6.42 Å². The predicted octanol–water partition coefficient (Wildman–Crippen LogP) is 2.53. The fourth-order valence-electron chi connectivity index (χ4n) is 2.18. The van der Waals surface area contributed by atoms with Gasteiger partial charge in [0.2, 0.25) is 5.95 Å². The first-order chi connectivity index (χ1) is 9.11. The predicted molar refractivity (Wildman–Crippen MR) is 82.0 cm³/mol. The van der Waals surface area contributed by atoms with Gasteiger partial charge in [0, 0.05) is 33.6 Å². The molecule has 1 unspecified atom stereocenters. The molecule has 1 aromatic heterocycles. The van der Waals surface area contributed by atoms with E-state index in [1.165, 1.54) is 0 Å². The molecular formula is C12H13Br2N5. The molecule has 3 rings (SSSR count). The number of hydrogen-bond acceptors (Lipinski definition) is 4. The molecule has 1 fully saturated rings. The Morgan fingerprint density at radius 2 is 2.00 bits per heavy atom. The molecule has 1 saturated heterocycles. The zero-order valence-corrected chi connectivity index (χ0v) is 13.3. The molecule has 0 aliphatic carbocycles. The van der Waals surface area contributed by atoms with Crippen molar-refractivity contribution in [2.75, 3.05) is 18.0 Å². The van der Waals surface area contributed by atoms with Crippen LogP contribution in [0.2, 0.25) is 0 Å². The van der Waals surface area contributed by atoms with Crippen molar-refractivity contribution >= 4 is 37.8 Å². The second-order valence-corrected chi connectivity index (χ2v) is 6.47. The molecule has 19 heavy (non-hydrogen) atoms. The maximum atomic E-state index is 5.90. The van der Waals surface area contributed by atoms with Gasteiger partial charge < -0.3 is 10.6 Å². The topological polar surface area (TPSA) is 70.8 Å². The Morgan fingerprint density at radius 3 is 2.63 bits per heavy atom. The zero-order chi connectivity index (χ0) is 13.4. The van der Waals surface area contributed by atoms with E-state index in [0.29, 0.717) is 0 Å². The van der Waals surface area contributed by atoms with Gasteiger partial charge in [0.05, 0.1) is 0 Å². The molecule has 0 spiro atoms. The van der Waals surface area contributed by atoms with Crippen LogP contribution in [-0.4, -0.2) is 34.3 Å². The van der Waals surface area contributed by atoms with Crippen LogP contribution < -0.4 is 10.6 Å². The van der Waals surface area contributed by atoms with Crippen LogP contribution in [0.3, 0.4) is 0 Å². The third-order valence-electron chi connectivity index (χ3n) is 3.12. The number of halogens is 2. The van der Waals surface area contributed by atoms with Crippen molar-refractivity contribution in [3.8, 4) is 11.4 Å². The maximum absolute atomic E-state index is 5.90. The van der Waals surface area contributed by atoms with Crippen molar-refractivity contribution in [2.24, 2.45) is 5.73 Å². The Morgan fingerprint density at radius 1 is 1.26 bits per heavy atom. The lowest BCUT2D eigenvalue weighted by molar-refractivity contribution is 0.750. The van der Waals surface area contributed by atoms with E-state index in [1.807, 2.05) is 18.2 Å². The number of nitrogens with one attached hydrogen (secondary N) is 1. The van der Waals surface area contributed by atoms with Gasteiger partial charge in [-0.05, 0) is 24.6 Å². The van der Waals surface area contributed by atoms with Gasteiger partial charge in [-0.25, -0.2) is 0 Å². The molecule has 1 aromatic carbocycles. The standard InChI is InChI=1S/C12H13Br2N5/c13-8-3-7(4-9(14)5-8)11-16-12(18-17-11)19-2-1-10(15)6-19/h3-5,10H,1-2,6,15H2,(H,16,17,18). The van der Waals surface area contributed by atoms with E-state index in [-0.39, 0.29) is 6.04 Å². The van der Waals surface area contributed by atoms with E-state index >= 15 is 0 Å². The molecule has 3 N–H and O–H groups in total. The van der Waals surface area contributed by atoms with Gasteiger partial charge >= 0.3 is 0 Å². The smallest absolute Gasteiger partial charge is 0.245 e. The van der Waals surface area contributed by atoms with Crippen molar-refractivity contribution in [2.45, 2.75) is 12.5 Å². The molecule has 2 heterocycles. The lowest BCUT2D eigenvalue weighted by Crippen LogP contribution is -2.26. The molecule has 100 valence electrons. The van der Waals surface area contributed by atoms with E-state index in [9.17, 15) is 0 Å². The second-order valence-electron chi connectivity index (χ2n) is 4.64. The van der Waals surface area contributed by atoms with E-state index in [2.05, 4.69) is 51.9 Å². The van der Waals surface area contributed by atoms with E-state index in [0.717, 1.165) is 45.8 Å². The Kier molecular flexibility index (Phi) is 3.60. The van der Waals surface area contributed by atoms with Gasteiger partial charge in [0.1, 0.15) is 0 Å². The quantitative estimate of drug-likeness (QED) is 0.831. The molecule has 0 saturated carbocycles. The van der Waals surface area contributed by atoms with Gasteiger partial charge in [-0.2, -0.15) is 4.98 Å². The average Bonchev–Trinajstić information content (AvgIpc) is 2.95. The fraction of sp³-hybridized carbons (Fsp3) is 0.333. The zero-order valence-electron chi connectivity index (χ0n) is 10.1. The van der Waals surface area contributed by atoms with Gasteiger partial charge in [-0.1, -0.05) is 31.9 Å². The van der Waals surface area contributed by atoms with Crippen LogP contribution in [0.4, 0.5) is 5.95 Å². The van der Waals surface area contributed by atoms with Gasteiger partial charge in [0.15, 0.2) is 5.82 Å². The van der Waals surface area contributed by atoms with Crippen molar-refractivity contribution in [3.05, 3.63) is 27.1 Å². The van der Waals surface area contributed by atoms with Gasteiger partial charge in [-0.3, -0.25) is 5.10 Å². The molecule has 0 amide bonds. The summed E-state index contributed by atoms with van der Waals surface area (Å²) in [7, 11) is 0. The SMILES string of the molecule is NC1CCN(c2n[nH]c(-c3cc(Br)cc(Br)c3)n2)C1. The van der Waals surface area contributed by atoms with Crippen molar-refractivity contribution in [1.82, 2.24) is 15.2 Å². The Labute approximate surface area is 127 Å². The fourth-order valence-corrected chi connectivity index (χ4v) is 3.48. The summed E-state index contributed by atoms with van der Waals surface area (Å²) in [6.45, 7) is 1.74. The Hall–Kier alpha value is -0.920. The van der Waals surface area contributed by atoms with Crippen LogP contribution in [0, 0.1) is 0 Å². The summed E-state index contributed by atoms with van der Waals surface area (Å²) in [6.07, 6.45) is 0.992. The van der Waals surface area contributed by atoms with E-state index in [1.54, 1.807) is 0 Å². The van der Waals surface area contributed by atoms with Crippen molar-refractivity contribution < 1.29 is 0 Å². The molecule has 1 atom stereocenters. The van der Waals surface area contributed by atoms with Gasteiger partial charge in [0.25, 0.3) is 0 Å². The maximum Gasteiger partial charge on any atom is 0.245 e. The highest BCUT2D eigenvalue weighted by Gasteiger charge is 2.22. The monoisotopic (exact) mass is 385 g/mol. The number of aromatic nitrogens is 3. The van der Waals surface area contributed by atoms with Crippen LogP contribution in [0.15, 0.2) is 27.1 Å². The normalized spacial score (nSPS) is 19.1. The molecular weight excluding hydrogens is 374 g/mol. The van der Waals surface area contributed by atoms with Crippen LogP contribution in [0.5, 0.6) is 0 Å². The number of hydrogen-bond donors (Lipinski definition) is 2. The average molecular weight is 387 g/mol. The Bertz CT molecular complexity index is 577. The lowest BCUT2D eigenvalue weighted by atomic mass is 10.2. The number of H-pyrrole nitrogens is 1. The summed E-state index contributed by atoms with van der Waals surface area (Å²) in [5.74, 6) is 1.48. The molecule has 2 aromatic rings. The van der Waals surface area contributed by atoms with E-state index < -0.39 is 0 Å². The number of anilines is 1. The number of benzene rings is 1. The van der Waals surface area contributed by atoms with Crippen molar-refractivity contribution in [3.63, 3.8) is 0 Å². The van der Waals surface area contributed by atoms with Crippen LogP contribution >= 0.6 is 31.9 Å². The summed E-state index contributed by atoms with van der Waals surface area (Å²) >= 11 is 6.94. The Balaban J connectivity index is 1.88. The largest absolute Gasteiger partial charge is 0.338 e. The van der Waals surface area contributed by atoms with Crippen LogP contribution in [0.25, 0.3) is 11.4 Å². The minimum Gasteiger partial charge on any atom is -0.338 e. The summed E-state index contributed by atoms with van der Waals surface area (Å²) in [5, 5.41) is 7.25. The summed E-state index contributed by atoms with van der Waals surface area (Å²) in [6, 6.07) is 6.22. The number of rotatable bonds is 2. The molecule has 0 bridgehead atoms. The highest BCUT2D eigenvalue weighted by atomic mass is 79.9. The molecule has 5 nitrogen and oxygen atoms in total. The number of nitrogens with zero attached hydrogens (tertiary/aromatic N) is 3. The number of nitrogens with two attached hydrogens (primary N) is 1. The first-order valence-corrected chi connectivity index (χ1v) is 7.60. The molecule has 1 aliphatic heterocycles. The lowest BCUT2D eigenvalue weighted by Gasteiger charge is -2.11. The first kappa shape index (κ1) is 13.1. The highest BCUT2D eigenvalue weighted by Crippen LogP contribution is 2.27. The third kappa shape index (κ3) is 2.82. The molecule has 0 radical (unpaired) electrons. The number of aromatic amines is 1. The van der Waals surface area contributed by atoms with E-state index in [4.69, 9.17) is 5.73 Å². The minimum absolute atomic E-state index is 0.224. The van der Waals surface area contributed by atoms with Gasteiger partial charge in [-0.15, -0.1) is 5.10 Å². The second kappa shape index (κ2) is 5.22. The summed E-state index contributed by atoms with van der Waals surface area (Å²) in [5.41, 5.74) is 6.89. The summed E-state index contributed by atoms with van der Waals surface area (Å²) < 4.78 is 2.00. The van der Waals surface area contributed by atoms with Crippen molar-refractivity contribution in [1.29, 1.82) is 0 Å². The highest BCUT2D eigenvalue weighted by molar-refractivity contribution is 9.11. The first-order valence-electron chi connectivity index (χ1n) is 6.01. The molecule has 1 aliphatic rings. The third-order valence-corrected chi connectivity index (χ3v) is 4.03. The summed E-state index contributed by atoms with van der Waals surface area (Å²) in [4.78, 5) is 6.65. The minimum atomic E-state index is 0.224.